The largest absolute Gasteiger partial charge is 0.352 e. The molecule has 1 N–H and O–H groups in total. The monoisotopic (exact) mass is 665 g/mol. The van der Waals surface area contributed by atoms with Crippen molar-refractivity contribution in [3.8, 4) is 0 Å². The van der Waals surface area contributed by atoms with Crippen molar-refractivity contribution in [3.63, 3.8) is 0 Å². The van der Waals surface area contributed by atoms with Crippen LogP contribution in [0.3, 0.4) is 0 Å². The Morgan fingerprint density at radius 3 is 2.33 bits per heavy atom. The van der Waals surface area contributed by atoms with Crippen LogP contribution >= 0.6 is 34.5 Å². The van der Waals surface area contributed by atoms with Gasteiger partial charge in [-0.3, -0.25) is 9.10 Å². The summed E-state index contributed by atoms with van der Waals surface area (Å²) in [6.45, 7) is 0.544. The summed E-state index contributed by atoms with van der Waals surface area (Å²) in [5.41, 5.74) is 2.57. The number of anilines is 1. The van der Waals surface area contributed by atoms with Gasteiger partial charge in [-0.05, 0) is 119 Å². The van der Waals surface area contributed by atoms with Crippen molar-refractivity contribution in [2.75, 3.05) is 32.0 Å². The first-order valence-corrected chi connectivity index (χ1v) is 17.8. The minimum absolute atomic E-state index is 0.0237. The topological polar surface area (TPSA) is 69.7 Å². The summed E-state index contributed by atoms with van der Waals surface area (Å²) in [5.74, 6) is 0.342. The van der Waals surface area contributed by atoms with Gasteiger partial charge in [-0.15, -0.1) is 11.3 Å². The molecular weight excluding hydrogens is 628 g/mol. The number of nitrogens with one attached hydrogen (secondary N) is 1. The van der Waals surface area contributed by atoms with Crippen LogP contribution < -0.4 is 9.62 Å². The van der Waals surface area contributed by atoms with Crippen molar-refractivity contribution in [3.05, 3.63) is 79.9 Å². The average molecular weight is 667 g/mol. The lowest BCUT2D eigenvalue weighted by Gasteiger charge is -2.37. The Labute approximate surface area is 268 Å². The summed E-state index contributed by atoms with van der Waals surface area (Å²) in [6, 6.07) is 11.3. The first kappa shape index (κ1) is 32.2. The predicted octanol–water partition coefficient (Wildman–Crippen LogP) is 7.74. The van der Waals surface area contributed by atoms with Gasteiger partial charge in [-0.2, -0.15) is 0 Å². The number of hydrogen-bond donors (Lipinski definition) is 1. The number of amides is 1. The van der Waals surface area contributed by atoms with Crippen LogP contribution in [0.1, 0.15) is 70.9 Å². The fraction of sp³-hybridized carbons (Fsp3) is 0.469. The number of aryl methyl sites for hydroxylation is 1. The summed E-state index contributed by atoms with van der Waals surface area (Å²) in [7, 11) is 1.66. The molecule has 11 heteroatoms. The zero-order chi connectivity index (χ0) is 30.9. The summed E-state index contributed by atoms with van der Waals surface area (Å²) in [5, 5.41) is 4.04. The van der Waals surface area contributed by atoms with Crippen LogP contribution in [0, 0.1) is 17.7 Å². The molecular formula is C32H38Cl2FN3O3S2. The fourth-order valence-corrected chi connectivity index (χ4v) is 9.75. The predicted molar refractivity (Wildman–Crippen MR) is 174 cm³/mol. The SMILES string of the molecule is CN(C)C(c1ccc(F)cc1)C1CCC(CNC(=O)c2c(N(C)S(=O)(=O)c3ccc(Cl)c(Cl)c3)sc3c2CCCC3)CC1. The number of hydrogen-bond acceptors (Lipinski definition) is 5. The average Bonchev–Trinajstić information content (AvgIpc) is 3.38. The maximum Gasteiger partial charge on any atom is 0.264 e. The van der Waals surface area contributed by atoms with Crippen molar-refractivity contribution >= 4 is 55.5 Å². The highest BCUT2D eigenvalue weighted by Crippen LogP contribution is 2.43. The maximum absolute atomic E-state index is 13.8. The van der Waals surface area contributed by atoms with E-state index in [1.54, 1.807) is 0 Å². The molecule has 0 aliphatic heterocycles. The first-order valence-electron chi connectivity index (χ1n) is 14.8. The number of carbonyl (C=O) groups excluding carboxylic acids is 1. The summed E-state index contributed by atoms with van der Waals surface area (Å²) < 4.78 is 42.0. The molecule has 6 nitrogen and oxygen atoms in total. The molecule has 43 heavy (non-hydrogen) atoms. The Bertz CT molecular complexity index is 1570. The number of halogens is 3. The molecule has 1 heterocycles. The van der Waals surface area contributed by atoms with Crippen molar-refractivity contribution in [1.29, 1.82) is 0 Å². The molecule has 1 atom stereocenters. The smallest absolute Gasteiger partial charge is 0.264 e. The molecule has 0 spiro atoms. The molecule has 2 aliphatic rings. The molecule has 5 rings (SSSR count). The Morgan fingerprint density at radius 1 is 1.00 bits per heavy atom. The first-order chi connectivity index (χ1) is 20.5. The normalized spacial score (nSPS) is 19.6. The quantitative estimate of drug-likeness (QED) is 0.254. The van der Waals surface area contributed by atoms with E-state index < -0.39 is 10.0 Å². The van der Waals surface area contributed by atoms with E-state index in [0.717, 1.165) is 67.4 Å². The Balaban J connectivity index is 1.29. The molecule has 232 valence electrons. The molecule has 3 aromatic rings. The Hall–Kier alpha value is -2.17. The second-order valence-electron chi connectivity index (χ2n) is 11.9. The van der Waals surface area contributed by atoms with Crippen molar-refractivity contribution in [2.24, 2.45) is 11.8 Å². The number of thiophene rings is 1. The van der Waals surface area contributed by atoms with Gasteiger partial charge < -0.3 is 10.2 Å². The van der Waals surface area contributed by atoms with Gasteiger partial charge in [0.05, 0.1) is 20.5 Å². The van der Waals surface area contributed by atoms with Gasteiger partial charge in [0, 0.05) is 24.5 Å². The van der Waals surface area contributed by atoms with Crippen LogP contribution in [0.4, 0.5) is 9.39 Å². The number of benzene rings is 2. The van der Waals surface area contributed by atoms with Gasteiger partial charge in [0.1, 0.15) is 10.8 Å². The third kappa shape index (κ3) is 6.91. The van der Waals surface area contributed by atoms with E-state index in [1.165, 1.54) is 53.0 Å². The fourth-order valence-electron chi connectivity index (χ4n) is 6.60. The van der Waals surface area contributed by atoms with E-state index >= 15 is 0 Å². The second kappa shape index (κ2) is 13.4. The van der Waals surface area contributed by atoms with Crippen LogP contribution in [0.15, 0.2) is 47.4 Å². The molecule has 1 aromatic heterocycles. The lowest BCUT2D eigenvalue weighted by atomic mass is 9.76. The van der Waals surface area contributed by atoms with Gasteiger partial charge in [-0.25, -0.2) is 12.8 Å². The minimum atomic E-state index is -3.97. The number of carbonyl (C=O) groups is 1. The van der Waals surface area contributed by atoms with E-state index in [1.807, 2.05) is 12.1 Å². The van der Waals surface area contributed by atoms with E-state index in [-0.39, 0.29) is 32.7 Å². The van der Waals surface area contributed by atoms with Crippen LogP contribution in [-0.4, -0.2) is 46.9 Å². The standard InChI is InChI=1S/C32H38Cl2FN3O3S2/c1-37(2)30(22-12-14-23(35)15-13-22)21-10-8-20(9-11-21)19-36-31(39)29-25-6-4-5-7-28(25)42-32(29)38(3)43(40,41)24-16-17-26(33)27(34)18-24/h12-18,20-21,30H,4-11,19H2,1-3H3,(H,36,39). The van der Waals surface area contributed by atoms with Crippen LogP contribution in [0.5, 0.6) is 0 Å². The molecule has 0 radical (unpaired) electrons. The van der Waals surface area contributed by atoms with Gasteiger partial charge in [-0.1, -0.05) is 35.3 Å². The molecule has 0 saturated heterocycles. The number of nitrogens with zero attached hydrogens (tertiary/aromatic N) is 2. The summed E-state index contributed by atoms with van der Waals surface area (Å²) in [6.07, 6.45) is 7.59. The van der Waals surface area contributed by atoms with E-state index in [2.05, 4.69) is 24.3 Å². The molecule has 2 aliphatic carbocycles. The van der Waals surface area contributed by atoms with Crippen molar-refractivity contribution < 1.29 is 17.6 Å². The highest BCUT2D eigenvalue weighted by molar-refractivity contribution is 7.93. The minimum Gasteiger partial charge on any atom is -0.352 e. The summed E-state index contributed by atoms with van der Waals surface area (Å²) >= 11 is 13.6. The molecule has 1 fully saturated rings. The highest BCUT2D eigenvalue weighted by Gasteiger charge is 2.34. The van der Waals surface area contributed by atoms with Crippen molar-refractivity contribution in [1.82, 2.24) is 10.2 Å². The van der Waals surface area contributed by atoms with E-state index in [9.17, 15) is 17.6 Å². The number of fused-ring (bicyclic) bond motifs is 1. The maximum atomic E-state index is 13.8. The highest BCUT2D eigenvalue weighted by atomic mass is 35.5. The third-order valence-corrected chi connectivity index (χ3v) is 12.8. The lowest BCUT2D eigenvalue weighted by Crippen LogP contribution is -2.35. The van der Waals surface area contributed by atoms with Gasteiger partial charge in [0.15, 0.2) is 0 Å². The van der Waals surface area contributed by atoms with Gasteiger partial charge in [0.25, 0.3) is 15.9 Å². The van der Waals surface area contributed by atoms with Crippen molar-refractivity contribution in [2.45, 2.75) is 62.3 Å². The molecule has 1 saturated carbocycles. The lowest BCUT2D eigenvalue weighted by molar-refractivity contribution is 0.0934. The second-order valence-corrected chi connectivity index (χ2v) is 15.8. The van der Waals surface area contributed by atoms with E-state index in [4.69, 9.17) is 23.2 Å². The molecule has 2 aromatic carbocycles. The van der Waals surface area contributed by atoms with Gasteiger partial charge >= 0.3 is 0 Å². The van der Waals surface area contributed by atoms with Crippen LogP contribution in [-0.2, 0) is 22.9 Å². The molecule has 0 bridgehead atoms. The third-order valence-electron chi connectivity index (χ3n) is 8.87. The zero-order valence-electron chi connectivity index (χ0n) is 24.7. The van der Waals surface area contributed by atoms with Crippen LogP contribution in [0.2, 0.25) is 10.0 Å². The molecule has 1 unspecified atom stereocenters. The number of sulfonamides is 1. The Kier molecular flexibility index (Phi) is 10.1. The van der Waals surface area contributed by atoms with E-state index in [0.29, 0.717) is 28.9 Å². The molecule has 1 amide bonds. The number of rotatable bonds is 9. The van der Waals surface area contributed by atoms with Crippen LogP contribution in [0.25, 0.3) is 0 Å². The summed E-state index contributed by atoms with van der Waals surface area (Å²) in [4.78, 5) is 17.1. The zero-order valence-corrected chi connectivity index (χ0v) is 27.9. The Morgan fingerprint density at radius 2 is 1.67 bits per heavy atom. The van der Waals surface area contributed by atoms with Gasteiger partial charge in [0.2, 0.25) is 0 Å².